The summed E-state index contributed by atoms with van der Waals surface area (Å²) in [6.07, 6.45) is 2.78. The van der Waals surface area contributed by atoms with E-state index in [4.69, 9.17) is 0 Å². The SMILES string of the molecule is O=C(CNc1cccc2c1C(=O)C(=O)N2)Nc1ccc2c(c1)CC1(C2)C(=O)Nc2ncccc21. The largest absolute Gasteiger partial charge is 0.375 e. The van der Waals surface area contributed by atoms with Crippen LogP contribution >= 0.6 is 0 Å². The predicted molar refractivity (Wildman–Crippen MR) is 125 cm³/mol. The Morgan fingerprint density at radius 3 is 2.74 bits per heavy atom. The first-order valence-corrected chi connectivity index (χ1v) is 10.9. The molecule has 0 radical (unpaired) electrons. The highest BCUT2D eigenvalue weighted by Gasteiger charge is 2.51. The van der Waals surface area contributed by atoms with Crippen molar-refractivity contribution in [1.82, 2.24) is 4.98 Å². The fraction of sp³-hybridized carbons (Fsp3) is 0.160. The number of aromatic nitrogens is 1. The number of carbonyl (C=O) groups excluding carboxylic acids is 4. The molecule has 2 aromatic carbocycles. The maximum atomic E-state index is 12.9. The van der Waals surface area contributed by atoms with Gasteiger partial charge in [-0.3, -0.25) is 19.2 Å². The third kappa shape index (κ3) is 2.97. The number of hydrogen-bond acceptors (Lipinski definition) is 6. The Kier molecular flexibility index (Phi) is 4.28. The number of benzene rings is 2. The molecule has 34 heavy (non-hydrogen) atoms. The molecule has 0 saturated carbocycles. The van der Waals surface area contributed by atoms with Crippen molar-refractivity contribution in [3.05, 3.63) is 77.0 Å². The first kappa shape index (κ1) is 20.1. The van der Waals surface area contributed by atoms with Crippen molar-refractivity contribution in [2.45, 2.75) is 18.3 Å². The van der Waals surface area contributed by atoms with Gasteiger partial charge in [-0.1, -0.05) is 18.2 Å². The van der Waals surface area contributed by atoms with E-state index in [1.54, 1.807) is 24.4 Å². The first-order chi connectivity index (χ1) is 16.4. The second kappa shape index (κ2) is 7.24. The average molecular weight is 453 g/mol. The molecule has 1 spiro atoms. The lowest BCUT2D eigenvalue weighted by atomic mass is 9.79. The standard InChI is InChI=1S/C25H19N5O4/c31-19(12-27-17-4-1-5-18-20(17)21(32)23(33)29-18)28-15-7-6-13-10-25(11-14(13)9-15)16-3-2-8-26-22(16)30-24(25)34/h1-9,27H,10-12H2,(H,28,31)(H,26,30,34)(H,29,32,33). The molecule has 6 rings (SSSR count). The van der Waals surface area contributed by atoms with Crippen molar-refractivity contribution in [3.63, 3.8) is 0 Å². The van der Waals surface area contributed by atoms with Gasteiger partial charge in [0.1, 0.15) is 5.82 Å². The molecule has 3 amide bonds. The smallest absolute Gasteiger partial charge is 0.296 e. The molecule has 9 nitrogen and oxygen atoms in total. The molecule has 3 aliphatic rings. The molecule has 1 aliphatic carbocycles. The number of Topliss-reactive ketones (excluding diaryl/α,β-unsaturated/α-hetero) is 1. The van der Waals surface area contributed by atoms with E-state index < -0.39 is 17.1 Å². The number of nitrogens with one attached hydrogen (secondary N) is 4. The predicted octanol–water partition coefficient (Wildman–Crippen LogP) is 2.26. The van der Waals surface area contributed by atoms with E-state index in [0.717, 1.165) is 16.7 Å². The van der Waals surface area contributed by atoms with Gasteiger partial charge < -0.3 is 21.3 Å². The van der Waals surface area contributed by atoms with Gasteiger partial charge in [0.05, 0.1) is 23.2 Å². The summed E-state index contributed by atoms with van der Waals surface area (Å²) < 4.78 is 0. The Balaban J connectivity index is 1.16. The summed E-state index contributed by atoms with van der Waals surface area (Å²) in [5, 5.41) is 11.2. The van der Waals surface area contributed by atoms with Crippen LogP contribution in [0.3, 0.4) is 0 Å². The molecule has 2 aliphatic heterocycles. The summed E-state index contributed by atoms with van der Waals surface area (Å²) in [6, 6.07) is 14.4. The fourth-order valence-corrected chi connectivity index (χ4v) is 5.07. The van der Waals surface area contributed by atoms with Crippen LogP contribution in [0.1, 0.15) is 27.0 Å². The summed E-state index contributed by atoms with van der Waals surface area (Å²) >= 11 is 0. The van der Waals surface area contributed by atoms with Crippen LogP contribution in [-0.2, 0) is 32.6 Å². The van der Waals surface area contributed by atoms with Crippen LogP contribution in [-0.4, -0.2) is 35.0 Å². The molecule has 0 saturated heterocycles. The quantitative estimate of drug-likeness (QED) is 0.449. The molecule has 1 aromatic heterocycles. The minimum Gasteiger partial charge on any atom is -0.375 e. The monoisotopic (exact) mass is 453 g/mol. The fourth-order valence-electron chi connectivity index (χ4n) is 5.07. The van der Waals surface area contributed by atoms with E-state index >= 15 is 0 Å². The van der Waals surface area contributed by atoms with Crippen LogP contribution < -0.4 is 21.3 Å². The van der Waals surface area contributed by atoms with Gasteiger partial charge in [-0.15, -0.1) is 0 Å². The maximum Gasteiger partial charge on any atom is 0.296 e. The average Bonchev–Trinajstić information content (AvgIpc) is 3.44. The van der Waals surface area contributed by atoms with Crippen LogP contribution in [0.4, 0.5) is 22.9 Å². The second-order valence-electron chi connectivity index (χ2n) is 8.69. The first-order valence-electron chi connectivity index (χ1n) is 10.9. The number of anilines is 4. The molecule has 9 heteroatoms. The summed E-state index contributed by atoms with van der Waals surface area (Å²) in [4.78, 5) is 53.4. The number of hydrogen-bond donors (Lipinski definition) is 4. The summed E-state index contributed by atoms with van der Waals surface area (Å²) in [6.45, 7) is -0.0829. The number of rotatable bonds is 4. The molecule has 168 valence electrons. The molecule has 3 heterocycles. The van der Waals surface area contributed by atoms with Gasteiger partial charge in [-0.2, -0.15) is 0 Å². The molecule has 1 atom stereocenters. The van der Waals surface area contributed by atoms with Gasteiger partial charge in [-0.25, -0.2) is 4.98 Å². The van der Waals surface area contributed by atoms with E-state index in [9.17, 15) is 19.2 Å². The Hall–Kier alpha value is -4.53. The van der Waals surface area contributed by atoms with Gasteiger partial charge in [0.15, 0.2) is 0 Å². The summed E-state index contributed by atoms with van der Waals surface area (Å²) in [5.41, 5.74) is 4.04. The molecule has 3 aromatic rings. The van der Waals surface area contributed by atoms with Crippen LogP contribution in [0.5, 0.6) is 0 Å². The number of pyridine rings is 1. The molecule has 1 unspecified atom stereocenters. The van der Waals surface area contributed by atoms with Gasteiger partial charge in [-0.05, 0) is 54.3 Å². The van der Waals surface area contributed by atoms with Gasteiger partial charge in [0.2, 0.25) is 11.8 Å². The number of amides is 3. The van der Waals surface area contributed by atoms with E-state index in [1.165, 1.54) is 0 Å². The Bertz CT molecular complexity index is 1430. The topological polar surface area (TPSA) is 129 Å². The van der Waals surface area contributed by atoms with Crippen molar-refractivity contribution < 1.29 is 19.2 Å². The van der Waals surface area contributed by atoms with Crippen molar-refractivity contribution >= 4 is 46.4 Å². The molecule has 4 N–H and O–H groups in total. The Morgan fingerprint density at radius 1 is 1.00 bits per heavy atom. The van der Waals surface area contributed by atoms with E-state index in [2.05, 4.69) is 26.3 Å². The van der Waals surface area contributed by atoms with Crippen molar-refractivity contribution in [1.29, 1.82) is 0 Å². The van der Waals surface area contributed by atoms with Gasteiger partial charge >= 0.3 is 0 Å². The normalized spacial score (nSPS) is 19.4. The minimum atomic E-state index is -0.682. The lowest BCUT2D eigenvalue weighted by Crippen LogP contribution is -2.35. The zero-order valence-corrected chi connectivity index (χ0v) is 17.9. The number of fused-ring (bicyclic) bond motifs is 4. The minimum absolute atomic E-state index is 0.0508. The molecule has 0 bridgehead atoms. The van der Waals surface area contributed by atoms with Crippen LogP contribution in [0.2, 0.25) is 0 Å². The lowest BCUT2D eigenvalue weighted by molar-refractivity contribution is -0.120. The van der Waals surface area contributed by atoms with E-state index in [-0.39, 0.29) is 23.9 Å². The Labute approximate surface area is 194 Å². The maximum absolute atomic E-state index is 12.9. The number of ketones is 1. The lowest BCUT2D eigenvalue weighted by Gasteiger charge is -2.20. The second-order valence-corrected chi connectivity index (χ2v) is 8.69. The molecular formula is C25H19N5O4. The number of carbonyl (C=O) groups is 4. The van der Waals surface area contributed by atoms with Gasteiger partial charge in [0, 0.05) is 23.1 Å². The van der Waals surface area contributed by atoms with E-state index in [0.29, 0.717) is 35.7 Å². The highest BCUT2D eigenvalue weighted by atomic mass is 16.2. The third-order valence-electron chi connectivity index (χ3n) is 6.65. The van der Waals surface area contributed by atoms with Crippen LogP contribution in [0, 0.1) is 0 Å². The molecular weight excluding hydrogens is 434 g/mol. The Morgan fingerprint density at radius 2 is 1.85 bits per heavy atom. The third-order valence-corrected chi connectivity index (χ3v) is 6.65. The highest BCUT2D eigenvalue weighted by Crippen LogP contribution is 2.46. The van der Waals surface area contributed by atoms with Crippen molar-refractivity contribution in [2.75, 3.05) is 27.8 Å². The van der Waals surface area contributed by atoms with Crippen LogP contribution in [0.25, 0.3) is 0 Å². The van der Waals surface area contributed by atoms with Crippen LogP contribution in [0.15, 0.2) is 54.7 Å². The van der Waals surface area contributed by atoms with Crippen molar-refractivity contribution in [2.24, 2.45) is 0 Å². The molecule has 0 fully saturated rings. The number of nitrogens with zero attached hydrogens (tertiary/aromatic N) is 1. The zero-order valence-electron chi connectivity index (χ0n) is 17.9. The van der Waals surface area contributed by atoms with Gasteiger partial charge in [0.25, 0.3) is 11.7 Å². The summed E-state index contributed by atoms with van der Waals surface area (Å²) in [5.74, 6) is -1.05. The van der Waals surface area contributed by atoms with Crippen molar-refractivity contribution in [3.8, 4) is 0 Å². The zero-order chi connectivity index (χ0) is 23.4. The summed E-state index contributed by atoms with van der Waals surface area (Å²) in [7, 11) is 0. The van der Waals surface area contributed by atoms with E-state index in [1.807, 2.05) is 30.3 Å². The highest BCUT2D eigenvalue weighted by molar-refractivity contribution is 6.52.